The minimum Gasteiger partial charge on any atom is -0.497 e. The number of fused-ring (bicyclic) bond motifs is 1. The standard InChI is InChI=1S/C39H50N4O5/c1-26-10-6-7-15-31(26)41-37(45)35-39-19-16-32(48-39)33(36(44)40-29-13-8-14-30(25-29)47-2)34(39)38(46)43(35)21-9-20-42-22-17-28(18-23-42)24-27-11-4-3-5-12-27/h3-5,8,11-14,16,19,25-26,28,31-35H,6-7,9-10,15,17-18,20-24H2,1-2H3,(H,40,44)(H,41,45)/t26-,31+,32-,33+,34-,35-,39-/m1/s1. The third-order valence-corrected chi connectivity index (χ3v) is 11.6. The molecule has 48 heavy (non-hydrogen) atoms. The highest BCUT2D eigenvalue weighted by molar-refractivity contribution is 6.02. The highest BCUT2D eigenvalue weighted by Gasteiger charge is 2.72. The van der Waals surface area contributed by atoms with Gasteiger partial charge in [-0.2, -0.15) is 0 Å². The number of piperidine rings is 1. The SMILES string of the molecule is COc1cccc(NC(=O)[C@H]2[C@H]3C=C[C@@]4(O3)[C@H]2C(=O)N(CCCN2CCC(Cc3ccccc3)CC2)[C@@H]4C(=O)N[C@H]2CCCC[C@H]2C)c1. The molecule has 2 N–H and O–H groups in total. The highest BCUT2D eigenvalue weighted by Crippen LogP contribution is 2.55. The summed E-state index contributed by atoms with van der Waals surface area (Å²) in [4.78, 5) is 46.8. The lowest BCUT2D eigenvalue weighted by atomic mass is 9.74. The number of methoxy groups -OCH3 is 1. The molecule has 1 spiro atoms. The van der Waals surface area contributed by atoms with Gasteiger partial charge in [-0.25, -0.2) is 0 Å². The number of ether oxygens (including phenoxy) is 2. The van der Waals surface area contributed by atoms with E-state index in [2.05, 4.69) is 52.8 Å². The van der Waals surface area contributed by atoms with E-state index in [1.54, 1.807) is 24.1 Å². The van der Waals surface area contributed by atoms with Gasteiger partial charge in [-0.15, -0.1) is 0 Å². The summed E-state index contributed by atoms with van der Waals surface area (Å²) in [6, 6.07) is 17.2. The molecule has 2 aromatic rings. The van der Waals surface area contributed by atoms with Gasteiger partial charge in [0.05, 0.1) is 25.0 Å². The molecule has 2 bridgehead atoms. The first-order chi connectivity index (χ1) is 23.4. The Morgan fingerprint density at radius 1 is 0.979 bits per heavy atom. The van der Waals surface area contributed by atoms with Crippen LogP contribution < -0.4 is 15.4 Å². The second-order valence-electron chi connectivity index (χ2n) is 14.7. The van der Waals surface area contributed by atoms with Gasteiger partial charge in [0.25, 0.3) is 0 Å². The molecular formula is C39H50N4O5. The Morgan fingerprint density at radius 3 is 2.54 bits per heavy atom. The molecule has 5 aliphatic rings. The van der Waals surface area contributed by atoms with Crippen molar-refractivity contribution in [2.75, 3.05) is 38.6 Å². The Balaban J connectivity index is 1.05. The Hall–Kier alpha value is -3.69. The van der Waals surface area contributed by atoms with E-state index in [4.69, 9.17) is 9.47 Å². The van der Waals surface area contributed by atoms with Crippen LogP contribution in [0.4, 0.5) is 5.69 Å². The Bertz CT molecular complexity index is 1510. The maximum Gasteiger partial charge on any atom is 0.246 e. The van der Waals surface area contributed by atoms with E-state index < -0.39 is 29.6 Å². The molecule has 256 valence electrons. The van der Waals surface area contributed by atoms with Crippen molar-refractivity contribution in [3.8, 4) is 5.75 Å². The maximum atomic E-state index is 14.4. The molecule has 3 amide bonds. The molecule has 4 aliphatic heterocycles. The molecule has 4 fully saturated rings. The number of rotatable bonds is 11. The lowest BCUT2D eigenvalue weighted by molar-refractivity contribution is -0.141. The zero-order valence-electron chi connectivity index (χ0n) is 28.3. The number of hydrogen-bond donors (Lipinski definition) is 2. The van der Waals surface area contributed by atoms with Crippen LogP contribution in [0.5, 0.6) is 5.75 Å². The molecule has 1 saturated carbocycles. The average Bonchev–Trinajstić information content (AvgIpc) is 3.74. The normalized spacial score (nSPS) is 31.5. The molecular weight excluding hydrogens is 604 g/mol. The molecule has 1 aliphatic carbocycles. The lowest BCUT2D eigenvalue weighted by Crippen LogP contribution is -2.57. The first-order valence-electron chi connectivity index (χ1n) is 18.1. The topological polar surface area (TPSA) is 100 Å². The van der Waals surface area contributed by atoms with Crippen LogP contribution in [0.15, 0.2) is 66.7 Å². The van der Waals surface area contributed by atoms with Crippen LogP contribution in [0.3, 0.4) is 0 Å². The van der Waals surface area contributed by atoms with E-state index >= 15 is 0 Å². The summed E-state index contributed by atoms with van der Waals surface area (Å²) in [5, 5.41) is 6.34. The lowest BCUT2D eigenvalue weighted by Gasteiger charge is -2.36. The van der Waals surface area contributed by atoms with Crippen molar-refractivity contribution in [2.24, 2.45) is 23.7 Å². The van der Waals surface area contributed by atoms with Crippen LogP contribution in [0.2, 0.25) is 0 Å². The fourth-order valence-corrected chi connectivity index (χ4v) is 9.05. The number of anilines is 1. The van der Waals surface area contributed by atoms with E-state index in [1.165, 1.54) is 12.0 Å². The molecule has 0 aromatic heterocycles. The number of benzene rings is 2. The summed E-state index contributed by atoms with van der Waals surface area (Å²) < 4.78 is 11.9. The predicted molar refractivity (Wildman–Crippen MR) is 184 cm³/mol. The second kappa shape index (κ2) is 14.0. The zero-order valence-corrected chi connectivity index (χ0v) is 28.3. The first kappa shape index (κ1) is 32.8. The van der Waals surface area contributed by atoms with Crippen LogP contribution in [-0.2, 0) is 25.5 Å². The van der Waals surface area contributed by atoms with Crippen molar-refractivity contribution >= 4 is 23.4 Å². The van der Waals surface area contributed by atoms with Gasteiger partial charge >= 0.3 is 0 Å². The fraction of sp³-hybridized carbons (Fsp3) is 0.564. The molecule has 7 atom stereocenters. The predicted octanol–water partition coefficient (Wildman–Crippen LogP) is 4.82. The van der Waals surface area contributed by atoms with Crippen LogP contribution in [0, 0.1) is 23.7 Å². The Kier molecular flexibility index (Phi) is 9.61. The Morgan fingerprint density at radius 2 is 1.77 bits per heavy atom. The number of hydrogen-bond acceptors (Lipinski definition) is 6. The molecule has 9 heteroatoms. The van der Waals surface area contributed by atoms with Crippen molar-refractivity contribution in [3.63, 3.8) is 0 Å². The molecule has 7 rings (SSSR count). The quantitative estimate of drug-likeness (QED) is 0.337. The van der Waals surface area contributed by atoms with Gasteiger partial charge in [-0.05, 0) is 87.7 Å². The number of carbonyl (C=O) groups excluding carboxylic acids is 3. The van der Waals surface area contributed by atoms with Gasteiger partial charge in [-0.1, -0.05) is 68.3 Å². The molecule has 3 saturated heterocycles. The molecule has 2 aromatic carbocycles. The van der Waals surface area contributed by atoms with Gasteiger partial charge in [0.2, 0.25) is 17.7 Å². The van der Waals surface area contributed by atoms with E-state index in [9.17, 15) is 14.4 Å². The van der Waals surface area contributed by atoms with Crippen LogP contribution in [0.1, 0.15) is 57.4 Å². The summed E-state index contributed by atoms with van der Waals surface area (Å²) in [5.74, 6) is -0.390. The van der Waals surface area contributed by atoms with E-state index in [1.807, 2.05) is 24.3 Å². The maximum absolute atomic E-state index is 14.4. The molecule has 9 nitrogen and oxygen atoms in total. The fourth-order valence-electron chi connectivity index (χ4n) is 9.05. The number of nitrogens with one attached hydrogen (secondary N) is 2. The third kappa shape index (κ3) is 6.39. The summed E-state index contributed by atoms with van der Waals surface area (Å²) in [6.07, 6.45) is 11.7. The molecule has 0 unspecified atom stereocenters. The summed E-state index contributed by atoms with van der Waals surface area (Å²) in [5.41, 5.74) is 0.840. The van der Waals surface area contributed by atoms with Crippen molar-refractivity contribution in [1.82, 2.24) is 15.1 Å². The Labute approximate surface area is 284 Å². The van der Waals surface area contributed by atoms with Gasteiger partial charge in [-0.3, -0.25) is 14.4 Å². The summed E-state index contributed by atoms with van der Waals surface area (Å²) in [7, 11) is 1.58. The second-order valence-corrected chi connectivity index (χ2v) is 14.7. The minimum absolute atomic E-state index is 0.0746. The summed E-state index contributed by atoms with van der Waals surface area (Å²) in [6.45, 7) is 5.60. The van der Waals surface area contributed by atoms with Crippen LogP contribution in [-0.4, -0.2) is 84.6 Å². The largest absolute Gasteiger partial charge is 0.497 e. The van der Waals surface area contributed by atoms with Gasteiger partial charge in [0.1, 0.15) is 17.4 Å². The van der Waals surface area contributed by atoms with Crippen molar-refractivity contribution < 1.29 is 23.9 Å². The van der Waals surface area contributed by atoms with E-state index in [0.29, 0.717) is 29.8 Å². The minimum atomic E-state index is -1.16. The van der Waals surface area contributed by atoms with Crippen molar-refractivity contribution in [1.29, 1.82) is 0 Å². The van der Waals surface area contributed by atoms with Gasteiger partial charge in [0, 0.05) is 24.3 Å². The van der Waals surface area contributed by atoms with E-state index in [0.717, 1.165) is 64.6 Å². The van der Waals surface area contributed by atoms with Crippen molar-refractivity contribution in [2.45, 2.75) is 82.1 Å². The van der Waals surface area contributed by atoms with E-state index in [-0.39, 0.29) is 23.8 Å². The zero-order chi connectivity index (χ0) is 33.3. The smallest absolute Gasteiger partial charge is 0.246 e. The third-order valence-electron chi connectivity index (χ3n) is 11.6. The van der Waals surface area contributed by atoms with Crippen LogP contribution in [0.25, 0.3) is 0 Å². The molecule has 0 radical (unpaired) electrons. The highest BCUT2D eigenvalue weighted by atomic mass is 16.5. The number of nitrogens with zero attached hydrogens (tertiary/aromatic N) is 2. The van der Waals surface area contributed by atoms with Crippen LogP contribution >= 0.6 is 0 Å². The molecule has 4 heterocycles. The number of carbonyl (C=O) groups is 3. The number of amides is 3. The van der Waals surface area contributed by atoms with Crippen molar-refractivity contribution in [3.05, 3.63) is 72.3 Å². The monoisotopic (exact) mass is 654 g/mol. The van der Waals surface area contributed by atoms with Gasteiger partial charge in [0.15, 0.2) is 0 Å². The summed E-state index contributed by atoms with van der Waals surface area (Å²) >= 11 is 0. The number of likely N-dealkylation sites (tertiary alicyclic amines) is 2. The average molecular weight is 655 g/mol. The first-order valence-corrected chi connectivity index (χ1v) is 18.1. The van der Waals surface area contributed by atoms with Gasteiger partial charge < -0.3 is 29.9 Å².